The van der Waals surface area contributed by atoms with Crippen LogP contribution in [-0.4, -0.2) is 44.4 Å². The van der Waals surface area contributed by atoms with Gasteiger partial charge in [0.05, 0.1) is 11.3 Å². The fourth-order valence-electron chi connectivity index (χ4n) is 3.40. The second-order valence-corrected chi connectivity index (χ2v) is 8.61. The third-order valence-corrected chi connectivity index (χ3v) is 5.67. The minimum absolute atomic E-state index is 0.137. The van der Waals surface area contributed by atoms with Crippen molar-refractivity contribution in [2.75, 3.05) is 18.8 Å². The van der Waals surface area contributed by atoms with Gasteiger partial charge in [-0.3, -0.25) is 4.79 Å². The van der Waals surface area contributed by atoms with Crippen LogP contribution in [-0.2, 0) is 11.3 Å². The van der Waals surface area contributed by atoms with Gasteiger partial charge in [0, 0.05) is 19.6 Å². The number of rotatable bonds is 6. The molecular weight excluding hydrogens is 363 g/mol. The van der Waals surface area contributed by atoms with Crippen LogP contribution in [0.15, 0.2) is 29.4 Å². The number of hydrogen-bond acceptors (Lipinski definition) is 4. The minimum atomic E-state index is -0.315. The number of carbonyl (C=O) groups is 1. The SMILES string of the molecule is CC(C)Cn1c(SCC(=O)N2CCC[C@@H](C)C2)nnc1-c1ccccc1F. The van der Waals surface area contributed by atoms with E-state index < -0.39 is 0 Å². The van der Waals surface area contributed by atoms with Crippen molar-refractivity contribution in [3.05, 3.63) is 30.1 Å². The Balaban J connectivity index is 1.77. The molecule has 2 aromatic rings. The molecule has 27 heavy (non-hydrogen) atoms. The standard InChI is InChI=1S/C20H27FN4OS/c1-14(2)11-25-19(16-8-4-5-9-17(16)21)22-23-20(25)27-13-18(26)24-10-6-7-15(3)12-24/h4-5,8-9,14-15H,6-7,10-13H2,1-3H3/t15-/m1/s1. The number of amides is 1. The fourth-order valence-corrected chi connectivity index (χ4v) is 4.25. The number of hydrogen-bond donors (Lipinski definition) is 0. The van der Waals surface area contributed by atoms with Crippen LogP contribution in [0, 0.1) is 17.7 Å². The number of halogens is 1. The maximum atomic E-state index is 14.2. The number of nitrogens with zero attached hydrogens (tertiary/aromatic N) is 4. The van der Waals surface area contributed by atoms with E-state index >= 15 is 0 Å². The van der Waals surface area contributed by atoms with Crippen LogP contribution in [0.5, 0.6) is 0 Å². The van der Waals surface area contributed by atoms with Crippen molar-refractivity contribution in [3.63, 3.8) is 0 Å². The Morgan fingerprint density at radius 1 is 1.33 bits per heavy atom. The Morgan fingerprint density at radius 3 is 2.81 bits per heavy atom. The maximum Gasteiger partial charge on any atom is 0.233 e. The van der Waals surface area contributed by atoms with Gasteiger partial charge in [0.1, 0.15) is 5.82 Å². The van der Waals surface area contributed by atoms with E-state index in [4.69, 9.17) is 0 Å². The number of thioether (sulfide) groups is 1. The van der Waals surface area contributed by atoms with Crippen molar-refractivity contribution in [1.82, 2.24) is 19.7 Å². The average molecular weight is 391 g/mol. The molecule has 146 valence electrons. The Bertz CT molecular complexity index is 792. The van der Waals surface area contributed by atoms with Crippen molar-refractivity contribution in [1.29, 1.82) is 0 Å². The van der Waals surface area contributed by atoms with Gasteiger partial charge in [0.2, 0.25) is 5.91 Å². The molecule has 1 amide bonds. The summed E-state index contributed by atoms with van der Waals surface area (Å²) < 4.78 is 16.2. The predicted molar refractivity (Wildman–Crippen MR) is 106 cm³/mol. The molecule has 0 spiro atoms. The Morgan fingerprint density at radius 2 is 2.11 bits per heavy atom. The van der Waals surface area contributed by atoms with Gasteiger partial charge in [0.25, 0.3) is 0 Å². The van der Waals surface area contributed by atoms with E-state index in [2.05, 4.69) is 31.0 Å². The van der Waals surface area contributed by atoms with Gasteiger partial charge in [0.15, 0.2) is 11.0 Å². The van der Waals surface area contributed by atoms with E-state index in [-0.39, 0.29) is 11.7 Å². The summed E-state index contributed by atoms with van der Waals surface area (Å²) in [5, 5.41) is 9.15. The third kappa shape index (κ3) is 4.89. The summed E-state index contributed by atoms with van der Waals surface area (Å²) in [5.41, 5.74) is 0.439. The lowest BCUT2D eigenvalue weighted by atomic mass is 10.0. The molecule has 2 heterocycles. The first-order valence-corrected chi connectivity index (χ1v) is 10.5. The zero-order chi connectivity index (χ0) is 19.4. The molecule has 7 heteroatoms. The first-order chi connectivity index (χ1) is 13.0. The van der Waals surface area contributed by atoms with Crippen molar-refractivity contribution < 1.29 is 9.18 Å². The second-order valence-electron chi connectivity index (χ2n) is 7.67. The van der Waals surface area contributed by atoms with Gasteiger partial charge in [-0.15, -0.1) is 10.2 Å². The lowest BCUT2D eigenvalue weighted by Gasteiger charge is -2.30. The number of benzene rings is 1. The summed E-state index contributed by atoms with van der Waals surface area (Å²) in [4.78, 5) is 14.5. The van der Waals surface area contributed by atoms with Crippen LogP contribution in [0.3, 0.4) is 0 Å². The molecule has 1 fully saturated rings. The molecule has 0 radical (unpaired) electrons. The van der Waals surface area contributed by atoms with Gasteiger partial charge in [-0.2, -0.15) is 0 Å². The molecule has 5 nitrogen and oxygen atoms in total. The molecule has 1 aliphatic rings. The highest BCUT2D eigenvalue weighted by Crippen LogP contribution is 2.27. The van der Waals surface area contributed by atoms with Gasteiger partial charge < -0.3 is 9.47 Å². The lowest BCUT2D eigenvalue weighted by Crippen LogP contribution is -2.40. The molecule has 0 unspecified atom stereocenters. The normalized spacial score (nSPS) is 17.5. The number of piperidine rings is 1. The summed E-state index contributed by atoms with van der Waals surface area (Å²) in [6, 6.07) is 6.60. The Kier molecular flexibility index (Phi) is 6.52. The van der Waals surface area contributed by atoms with Gasteiger partial charge in [-0.05, 0) is 36.8 Å². The summed E-state index contributed by atoms with van der Waals surface area (Å²) in [6.45, 7) is 8.72. The average Bonchev–Trinajstić information content (AvgIpc) is 3.02. The maximum absolute atomic E-state index is 14.2. The predicted octanol–water partition coefficient (Wildman–Crippen LogP) is 4.09. The van der Waals surface area contributed by atoms with Crippen molar-refractivity contribution in [2.24, 2.45) is 11.8 Å². The largest absolute Gasteiger partial charge is 0.342 e. The first-order valence-electron chi connectivity index (χ1n) is 9.54. The fraction of sp³-hybridized carbons (Fsp3) is 0.550. The lowest BCUT2D eigenvalue weighted by molar-refractivity contribution is -0.130. The van der Waals surface area contributed by atoms with Gasteiger partial charge in [-0.25, -0.2) is 4.39 Å². The number of likely N-dealkylation sites (tertiary alicyclic amines) is 1. The molecule has 0 saturated carbocycles. The van der Waals surface area contributed by atoms with Gasteiger partial charge in [-0.1, -0.05) is 44.7 Å². The smallest absolute Gasteiger partial charge is 0.233 e. The van der Waals surface area contributed by atoms with Crippen molar-refractivity contribution in [3.8, 4) is 11.4 Å². The monoisotopic (exact) mass is 390 g/mol. The summed E-state index contributed by atoms with van der Waals surface area (Å²) >= 11 is 1.39. The molecule has 1 aromatic carbocycles. The van der Waals surface area contributed by atoms with Crippen LogP contribution < -0.4 is 0 Å². The van der Waals surface area contributed by atoms with E-state index in [1.54, 1.807) is 18.2 Å². The highest BCUT2D eigenvalue weighted by atomic mass is 32.2. The van der Waals surface area contributed by atoms with Crippen molar-refractivity contribution >= 4 is 17.7 Å². The van der Waals surface area contributed by atoms with E-state index in [0.29, 0.717) is 40.7 Å². The molecule has 1 atom stereocenters. The van der Waals surface area contributed by atoms with Crippen LogP contribution in [0.4, 0.5) is 4.39 Å². The molecule has 0 aliphatic carbocycles. The summed E-state index contributed by atoms with van der Waals surface area (Å²) in [5.74, 6) is 1.58. The number of aromatic nitrogens is 3. The second kappa shape index (κ2) is 8.87. The van der Waals surface area contributed by atoms with Crippen molar-refractivity contribution in [2.45, 2.75) is 45.3 Å². The van der Waals surface area contributed by atoms with E-state index in [1.165, 1.54) is 24.2 Å². The van der Waals surface area contributed by atoms with Crippen LogP contribution in [0.25, 0.3) is 11.4 Å². The molecule has 1 aromatic heterocycles. The summed E-state index contributed by atoms with van der Waals surface area (Å²) in [6.07, 6.45) is 2.25. The minimum Gasteiger partial charge on any atom is -0.342 e. The van der Waals surface area contributed by atoms with Gasteiger partial charge >= 0.3 is 0 Å². The molecule has 1 aliphatic heterocycles. The molecule has 0 bridgehead atoms. The quantitative estimate of drug-likeness (QED) is 0.697. The molecular formula is C20H27FN4OS. The Labute approximate surface area is 164 Å². The Hall–Kier alpha value is -1.89. The molecule has 3 rings (SSSR count). The van der Waals surface area contributed by atoms with E-state index in [0.717, 1.165) is 19.5 Å². The molecule has 1 saturated heterocycles. The highest BCUT2D eigenvalue weighted by Gasteiger charge is 2.23. The highest BCUT2D eigenvalue weighted by molar-refractivity contribution is 7.99. The van der Waals surface area contributed by atoms with E-state index in [9.17, 15) is 9.18 Å². The van der Waals surface area contributed by atoms with Crippen LogP contribution in [0.2, 0.25) is 0 Å². The summed E-state index contributed by atoms with van der Waals surface area (Å²) in [7, 11) is 0. The molecule has 0 N–H and O–H groups in total. The third-order valence-electron chi connectivity index (χ3n) is 4.71. The zero-order valence-electron chi connectivity index (χ0n) is 16.2. The van der Waals surface area contributed by atoms with Crippen LogP contribution >= 0.6 is 11.8 Å². The first kappa shape index (κ1) is 19.9. The van der Waals surface area contributed by atoms with Crippen LogP contribution in [0.1, 0.15) is 33.6 Å². The zero-order valence-corrected chi connectivity index (χ0v) is 17.0. The van der Waals surface area contributed by atoms with E-state index in [1.807, 2.05) is 9.47 Å². The topological polar surface area (TPSA) is 51.0 Å². The number of carbonyl (C=O) groups excluding carboxylic acids is 1.